The fourth-order valence-electron chi connectivity index (χ4n) is 3.82. The van der Waals surface area contributed by atoms with E-state index in [-0.39, 0.29) is 12.3 Å². The molecule has 0 aliphatic rings. The molecular weight excluding hydrogens is 438 g/mol. The standard InChI is InChI=1S/C26H28ClN3O3/c1-29-23-12-7-20(15-24(23)30(2)26(29)32)25(31)17-33-22-10-5-19(6-11-22)16-28-14-13-18-3-8-21(27)9-4-18/h3-12,15,25,28,31H,13-14,16-17H2,1-2H3. The highest BCUT2D eigenvalue weighted by Crippen LogP contribution is 2.21. The van der Waals surface area contributed by atoms with E-state index in [0.29, 0.717) is 11.3 Å². The molecular formula is C26H28ClN3O3. The van der Waals surface area contributed by atoms with Gasteiger partial charge in [0, 0.05) is 25.7 Å². The number of aromatic nitrogens is 2. The molecule has 1 atom stereocenters. The minimum atomic E-state index is -0.793. The summed E-state index contributed by atoms with van der Waals surface area (Å²) in [7, 11) is 3.47. The first kappa shape index (κ1) is 23.1. The van der Waals surface area contributed by atoms with Crippen LogP contribution in [0.25, 0.3) is 11.0 Å². The minimum Gasteiger partial charge on any atom is -0.491 e. The third-order valence-corrected chi connectivity index (χ3v) is 6.10. The van der Waals surface area contributed by atoms with Gasteiger partial charge in [-0.25, -0.2) is 4.79 Å². The minimum absolute atomic E-state index is 0.0903. The van der Waals surface area contributed by atoms with Crippen LogP contribution in [-0.2, 0) is 27.1 Å². The Morgan fingerprint density at radius 2 is 1.61 bits per heavy atom. The third-order valence-electron chi connectivity index (χ3n) is 5.84. The molecule has 0 aliphatic carbocycles. The first-order valence-electron chi connectivity index (χ1n) is 10.9. The Labute approximate surface area is 198 Å². The SMILES string of the molecule is Cn1c(=O)n(C)c2cc(C(O)COc3ccc(CNCCc4ccc(Cl)cc4)cc3)ccc21. The van der Waals surface area contributed by atoms with Gasteiger partial charge in [-0.1, -0.05) is 41.9 Å². The van der Waals surface area contributed by atoms with Gasteiger partial charge in [-0.3, -0.25) is 9.13 Å². The number of benzene rings is 3. The number of nitrogens with zero attached hydrogens (tertiary/aromatic N) is 2. The molecule has 6 nitrogen and oxygen atoms in total. The first-order valence-corrected chi connectivity index (χ1v) is 11.3. The number of aliphatic hydroxyl groups excluding tert-OH is 1. The Morgan fingerprint density at radius 3 is 2.33 bits per heavy atom. The van der Waals surface area contributed by atoms with Gasteiger partial charge in [-0.15, -0.1) is 0 Å². The van der Waals surface area contributed by atoms with Crippen LogP contribution in [0, 0.1) is 0 Å². The van der Waals surface area contributed by atoms with Crippen molar-refractivity contribution in [3.05, 3.63) is 98.9 Å². The Balaban J connectivity index is 1.26. The van der Waals surface area contributed by atoms with E-state index >= 15 is 0 Å². The van der Waals surface area contributed by atoms with Crippen molar-refractivity contribution >= 4 is 22.6 Å². The van der Waals surface area contributed by atoms with Crippen LogP contribution in [-0.4, -0.2) is 27.4 Å². The highest BCUT2D eigenvalue weighted by molar-refractivity contribution is 6.30. The number of halogens is 1. The fraction of sp³-hybridized carbons (Fsp3) is 0.269. The van der Waals surface area contributed by atoms with Crippen molar-refractivity contribution in [3.63, 3.8) is 0 Å². The van der Waals surface area contributed by atoms with E-state index in [1.807, 2.05) is 66.7 Å². The summed E-state index contributed by atoms with van der Waals surface area (Å²) in [6.07, 6.45) is 0.151. The van der Waals surface area contributed by atoms with Crippen LogP contribution in [0.5, 0.6) is 5.75 Å². The van der Waals surface area contributed by atoms with Crippen molar-refractivity contribution < 1.29 is 9.84 Å². The van der Waals surface area contributed by atoms with Crippen LogP contribution >= 0.6 is 11.6 Å². The van der Waals surface area contributed by atoms with Gasteiger partial charge in [0.1, 0.15) is 18.5 Å². The van der Waals surface area contributed by atoms with Crippen LogP contribution in [0.4, 0.5) is 0 Å². The molecule has 33 heavy (non-hydrogen) atoms. The highest BCUT2D eigenvalue weighted by atomic mass is 35.5. The quantitative estimate of drug-likeness (QED) is 0.367. The first-order chi connectivity index (χ1) is 15.9. The number of nitrogens with one attached hydrogen (secondary N) is 1. The normalized spacial score (nSPS) is 12.2. The lowest BCUT2D eigenvalue weighted by Crippen LogP contribution is -2.19. The van der Waals surface area contributed by atoms with Gasteiger partial charge in [-0.2, -0.15) is 0 Å². The second kappa shape index (κ2) is 10.3. The molecule has 0 fully saturated rings. The van der Waals surface area contributed by atoms with E-state index in [1.54, 1.807) is 23.2 Å². The lowest BCUT2D eigenvalue weighted by atomic mass is 10.1. The number of aliphatic hydroxyl groups is 1. The van der Waals surface area contributed by atoms with E-state index in [4.69, 9.17) is 16.3 Å². The Morgan fingerprint density at radius 1 is 0.939 bits per heavy atom. The Kier molecular flexibility index (Phi) is 7.18. The average Bonchev–Trinajstić information content (AvgIpc) is 3.05. The molecule has 2 N–H and O–H groups in total. The third kappa shape index (κ3) is 5.47. The van der Waals surface area contributed by atoms with Crippen molar-refractivity contribution in [2.75, 3.05) is 13.2 Å². The predicted octanol–water partition coefficient (Wildman–Crippen LogP) is 3.98. The van der Waals surface area contributed by atoms with Crippen molar-refractivity contribution in [1.29, 1.82) is 0 Å². The second-order valence-corrected chi connectivity index (χ2v) is 8.61. The zero-order valence-corrected chi connectivity index (χ0v) is 19.5. The summed E-state index contributed by atoms with van der Waals surface area (Å²) in [4.78, 5) is 12.1. The topological polar surface area (TPSA) is 68.4 Å². The lowest BCUT2D eigenvalue weighted by molar-refractivity contribution is 0.108. The molecule has 0 bridgehead atoms. The van der Waals surface area contributed by atoms with Crippen molar-refractivity contribution in [2.45, 2.75) is 19.1 Å². The van der Waals surface area contributed by atoms with Gasteiger partial charge in [0.15, 0.2) is 0 Å². The van der Waals surface area contributed by atoms with Crippen molar-refractivity contribution in [3.8, 4) is 5.75 Å². The summed E-state index contributed by atoms with van der Waals surface area (Å²) >= 11 is 5.92. The monoisotopic (exact) mass is 465 g/mol. The average molecular weight is 466 g/mol. The van der Waals surface area contributed by atoms with Crippen LogP contribution in [0.3, 0.4) is 0 Å². The van der Waals surface area contributed by atoms with Gasteiger partial charge in [0.25, 0.3) is 0 Å². The molecule has 1 aromatic heterocycles. The lowest BCUT2D eigenvalue weighted by Gasteiger charge is -2.14. The molecule has 4 rings (SSSR count). The van der Waals surface area contributed by atoms with Gasteiger partial charge in [0.05, 0.1) is 11.0 Å². The molecule has 0 aliphatic heterocycles. The Hall–Kier alpha value is -3.06. The highest BCUT2D eigenvalue weighted by Gasteiger charge is 2.13. The molecule has 7 heteroatoms. The molecule has 1 heterocycles. The zero-order valence-electron chi connectivity index (χ0n) is 18.8. The number of hydrogen-bond donors (Lipinski definition) is 2. The molecule has 0 saturated heterocycles. The van der Waals surface area contributed by atoms with E-state index < -0.39 is 6.10 Å². The Bertz CT molecular complexity index is 1280. The molecule has 1 unspecified atom stereocenters. The van der Waals surface area contributed by atoms with Gasteiger partial charge in [0.2, 0.25) is 0 Å². The van der Waals surface area contributed by atoms with E-state index in [0.717, 1.165) is 41.1 Å². The number of rotatable bonds is 9. The van der Waals surface area contributed by atoms with Crippen LogP contribution in [0.2, 0.25) is 5.02 Å². The summed E-state index contributed by atoms with van der Waals surface area (Å²) in [6.45, 7) is 1.78. The van der Waals surface area contributed by atoms with Crippen LogP contribution in [0.15, 0.2) is 71.5 Å². The summed E-state index contributed by atoms with van der Waals surface area (Å²) < 4.78 is 8.96. The van der Waals surface area contributed by atoms with Crippen LogP contribution < -0.4 is 15.7 Å². The summed E-state index contributed by atoms with van der Waals surface area (Å²) in [6, 6.07) is 21.3. The zero-order chi connectivity index (χ0) is 23.4. The molecule has 172 valence electrons. The van der Waals surface area contributed by atoms with Gasteiger partial charge >= 0.3 is 5.69 Å². The second-order valence-electron chi connectivity index (χ2n) is 8.17. The predicted molar refractivity (Wildman–Crippen MR) is 132 cm³/mol. The van der Waals surface area contributed by atoms with E-state index in [2.05, 4.69) is 5.32 Å². The van der Waals surface area contributed by atoms with Crippen molar-refractivity contribution in [2.24, 2.45) is 14.1 Å². The van der Waals surface area contributed by atoms with Gasteiger partial charge < -0.3 is 15.2 Å². The van der Waals surface area contributed by atoms with Crippen molar-refractivity contribution in [1.82, 2.24) is 14.5 Å². The van der Waals surface area contributed by atoms with E-state index in [1.165, 1.54) is 5.56 Å². The maximum absolute atomic E-state index is 12.1. The molecule has 0 radical (unpaired) electrons. The maximum atomic E-state index is 12.1. The fourth-order valence-corrected chi connectivity index (χ4v) is 3.95. The number of hydrogen-bond acceptors (Lipinski definition) is 4. The molecule has 3 aromatic carbocycles. The molecule has 0 amide bonds. The molecule has 4 aromatic rings. The summed E-state index contributed by atoms with van der Waals surface area (Å²) in [5.74, 6) is 0.701. The van der Waals surface area contributed by atoms with E-state index in [9.17, 15) is 9.90 Å². The maximum Gasteiger partial charge on any atom is 0.328 e. The van der Waals surface area contributed by atoms with Crippen LogP contribution in [0.1, 0.15) is 22.8 Å². The number of fused-ring (bicyclic) bond motifs is 1. The smallest absolute Gasteiger partial charge is 0.328 e. The largest absolute Gasteiger partial charge is 0.491 e. The molecule has 0 saturated carbocycles. The number of ether oxygens (including phenoxy) is 1. The summed E-state index contributed by atoms with van der Waals surface area (Å²) in [5.41, 5.74) is 4.65. The number of aryl methyl sites for hydroxylation is 2. The van der Waals surface area contributed by atoms with Gasteiger partial charge in [-0.05, 0) is 66.1 Å². The summed E-state index contributed by atoms with van der Waals surface area (Å²) in [5, 5.41) is 14.8. The molecule has 0 spiro atoms. The number of imidazole rings is 1.